The molecule has 2 N–H and O–H groups in total. The van der Waals surface area contributed by atoms with E-state index in [1.807, 2.05) is 31.2 Å². The molecule has 0 fully saturated rings. The second-order valence-electron chi connectivity index (χ2n) is 4.52. The molecule has 1 atom stereocenters. The van der Waals surface area contributed by atoms with Crippen LogP contribution in [0.15, 0.2) is 30.3 Å². The fourth-order valence-corrected chi connectivity index (χ4v) is 1.70. The lowest BCUT2D eigenvalue weighted by atomic mass is 10.1. The molecule has 0 saturated heterocycles. The van der Waals surface area contributed by atoms with Crippen molar-refractivity contribution in [1.82, 2.24) is 5.32 Å². The zero-order valence-electron chi connectivity index (χ0n) is 12.3. The molecule has 0 aliphatic heterocycles. The van der Waals surface area contributed by atoms with Crippen LogP contribution in [0.3, 0.4) is 0 Å². The van der Waals surface area contributed by atoms with Gasteiger partial charge in [-0.05, 0) is 37.1 Å². The molecule has 114 valence electrons. The van der Waals surface area contributed by atoms with Crippen LogP contribution in [-0.4, -0.2) is 30.1 Å². The van der Waals surface area contributed by atoms with Gasteiger partial charge in [-0.25, -0.2) is 0 Å². The van der Waals surface area contributed by atoms with Crippen molar-refractivity contribution < 1.29 is 19.4 Å². The highest BCUT2D eigenvalue weighted by atomic mass is 16.5. The normalized spacial score (nSPS) is 12.1. The number of carboxylic acid groups (broad SMARTS) is 1. The van der Waals surface area contributed by atoms with Gasteiger partial charge < -0.3 is 15.2 Å². The van der Waals surface area contributed by atoms with Crippen LogP contribution in [0.4, 0.5) is 0 Å². The maximum atomic E-state index is 11.6. The van der Waals surface area contributed by atoms with E-state index in [4.69, 9.17) is 9.84 Å². The van der Waals surface area contributed by atoms with Crippen LogP contribution in [0, 0.1) is 5.92 Å². The summed E-state index contributed by atoms with van der Waals surface area (Å²) in [6, 6.07) is 7.36. The number of ether oxygens (including phenoxy) is 1. The Morgan fingerprint density at radius 1 is 1.29 bits per heavy atom. The highest BCUT2D eigenvalue weighted by Gasteiger charge is 2.14. The lowest BCUT2D eigenvalue weighted by Gasteiger charge is -2.09. The van der Waals surface area contributed by atoms with Crippen molar-refractivity contribution >= 4 is 18.0 Å². The van der Waals surface area contributed by atoms with E-state index in [9.17, 15) is 9.59 Å². The molecule has 1 aromatic carbocycles. The van der Waals surface area contributed by atoms with Gasteiger partial charge in [-0.3, -0.25) is 9.59 Å². The van der Waals surface area contributed by atoms with E-state index in [0.29, 0.717) is 13.0 Å². The Bertz CT molecular complexity index is 494. The van der Waals surface area contributed by atoms with E-state index in [1.54, 1.807) is 13.0 Å². The molecule has 0 spiro atoms. The van der Waals surface area contributed by atoms with E-state index in [2.05, 4.69) is 5.32 Å². The number of carbonyl (C=O) groups is 2. The molecular weight excluding hydrogens is 270 g/mol. The summed E-state index contributed by atoms with van der Waals surface area (Å²) >= 11 is 0. The molecule has 5 nitrogen and oxygen atoms in total. The molecule has 1 unspecified atom stereocenters. The molecule has 1 amide bonds. The predicted molar refractivity (Wildman–Crippen MR) is 81.1 cm³/mol. The maximum Gasteiger partial charge on any atom is 0.308 e. The Kier molecular flexibility index (Phi) is 7.01. The SMILES string of the molecule is CCOc1ccc(C=CC(=O)NCC(CC)C(=O)O)cc1. The van der Waals surface area contributed by atoms with Crippen LogP contribution in [0.1, 0.15) is 25.8 Å². The summed E-state index contributed by atoms with van der Waals surface area (Å²) in [5.74, 6) is -0.962. The van der Waals surface area contributed by atoms with E-state index in [0.717, 1.165) is 11.3 Å². The van der Waals surface area contributed by atoms with Crippen molar-refractivity contribution in [3.05, 3.63) is 35.9 Å². The highest BCUT2D eigenvalue weighted by molar-refractivity contribution is 5.91. The number of hydrogen-bond acceptors (Lipinski definition) is 3. The molecule has 21 heavy (non-hydrogen) atoms. The van der Waals surface area contributed by atoms with Crippen molar-refractivity contribution in [3.63, 3.8) is 0 Å². The average molecular weight is 291 g/mol. The Morgan fingerprint density at radius 2 is 1.95 bits per heavy atom. The molecule has 0 heterocycles. The Labute approximate surface area is 124 Å². The quantitative estimate of drug-likeness (QED) is 0.721. The first kappa shape index (κ1) is 16.8. The third-order valence-electron chi connectivity index (χ3n) is 2.98. The molecule has 0 aliphatic carbocycles. The second-order valence-corrected chi connectivity index (χ2v) is 4.52. The summed E-state index contributed by atoms with van der Waals surface area (Å²) < 4.78 is 5.33. The Hall–Kier alpha value is -2.30. The van der Waals surface area contributed by atoms with Crippen LogP contribution >= 0.6 is 0 Å². The summed E-state index contributed by atoms with van der Waals surface area (Å²) in [5.41, 5.74) is 0.874. The standard InChI is InChI=1S/C16H21NO4/c1-3-13(16(19)20)11-17-15(18)10-7-12-5-8-14(9-6-12)21-4-2/h5-10,13H,3-4,11H2,1-2H3,(H,17,18)(H,19,20). The highest BCUT2D eigenvalue weighted by Crippen LogP contribution is 2.12. The fourth-order valence-electron chi connectivity index (χ4n) is 1.70. The van der Waals surface area contributed by atoms with Crippen LogP contribution in [0.5, 0.6) is 5.75 Å². The monoisotopic (exact) mass is 291 g/mol. The van der Waals surface area contributed by atoms with E-state index >= 15 is 0 Å². The number of benzene rings is 1. The van der Waals surface area contributed by atoms with E-state index in [1.165, 1.54) is 6.08 Å². The lowest BCUT2D eigenvalue weighted by molar-refractivity contribution is -0.141. The van der Waals surface area contributed by atoms with E-state index < -0.39 is 11.9 Å². The van der Waals surface area contributed by atoms with Crippen LogP contribution in [0.25, 0.3) is 6.08 Å². The van der Waals surface area contributed by atoms with Crippen molar-refractivity contribution in [2.75, 3.05) is 13.2 Å². The molecule has 0 aromatic heterocycles. The number of carboxylic acids is 1. The third kappa shape index (κ3) is 6.12. The number of amides is 1. The number of aliphatic carboxylic acids is 1. The minimum Gasteiger partial charge on any atom is -0.494 e. The summed E-state index contributed by atoms with van der Waals surface area (Å²) in [4.78, 5) is 22.4. The number of nitrogens with one attached hydrogen (secondary N) is 1. The zero-order valence-corrected chi connectivity index (χ0v) is 12.3. The smallest absolute Gasteiger partial charge is 0.308 e. The van der Waals surface area contributed by atoms with Crippen molar-refractivity contribution in [1.29, 1.82) is 0 Å². The molecule has 1 aromatic rings. The van der Waals surface area contributed by atoms with Crippen LogP contribution < -0.4 is 10.1 Å². The fraction of sp³-hybridized carbons (Fsp3) is 0.375. The summed E-state index contributed by atoms with van der Waals surface area (Å²) in [6.07, 6.45) is 3.55. The molecule has 0 aliphatic rings. The summed E-state index contributed by atoms with van der Waals surface area (Å²) in [5, 5.41) is 11.5. The zero-order chi connectivity index (χ0) is 15.7. The average Bonchev–Trinajstić information content (AvgIpc) is 2.47. The Morgan fingerprint density at radius 3 is 2.48 bits per heavy atom. The van der Waals surface area contributed by atoms with Crippen molar-refractivity contribution in [3.8, 4) is 5.75 Å². The molecular formula is C16H21NO4. The summed E-state index contributed by atoms with van der Waals surface area (Å²) in [7, 11) is 0. The van der Waals surface area contributed by atoms with Gasteiger partial charge >= 0.3 is 5.97 Å². The molecule has 0 saturated carbocycles. The topological polar surface area (TPSA) is 75.6 Å². The molecule has 0 radical (unpaired) electrons. The molecule has 5 heteroatoms. The first-order chi connectivity index (χ1) is 10.1. The van der Waals surface area contributed by atoms with Gasteiger partial charge in [0, 0.05) is 12.6 Å². The maximum absolute atomic E-state index is 11.6. The van der Waals surface area contributed by atoms with Gasteiger partial charge in [0.25, 0.3) is 0 Å². The summed E-state index contributed by atoms with van der Waals surface area (Å²) in [6.45, 7) is 4.44. The number of hydrogen-bond donors (Lipinski definition) is 2. The minimum atomic E-state index is -0.895. The first-order valence-corrected chi connectivity index (χ1v) is 6.98. The van der Waals surface area contributed by atoms with Crippen LogP contribution in [-0.2, 0) is 9.59 Å². The predicted octanol–water partition coefficient (Wildman–Crippen LogP) is 2.33. The largest absolute Gasteiger partial charge is 0.494 e. The van der Waals surface area contributed by atoms with Crippen molar-refractivity contribution in [2.24, 2.45) is 5.92 Å². The van der Waals surface area contributed by atoms with E-state index in [-0.39, 0.29) is 12.5 Å². The van der Waals surface area contributed by atoms with Gasteiger partial charge in [-0.1, -0.05) is 19.1 Å². The van der Waals surface area contributed by atoms with Gasteiger partial charge in [-0.2, -0.15) is 0 Å². The van der Waals surface area contributed by atoms with Crippen molar-refractivity contribution in [2.45, 2.75) is 20.3 Å². The second kappa shape index (κ2) is 8.79. The van der Waals surface area contributed by atoms with Crippen LogP contribution in [0.2, 0.25) is 0 Å². The van der Waals surface area contributed by atoms with Gasteiger partial charge in [-0.15, -0.1) is 0 Å². The minimum absolute atomic E-state index is 0.137. The molecule has 1 rings (SSSR count). The third-order valence-corrected chi connectivity index (χ3v) is 2.98. The molecule has 0 bridgehead atoms. The van der Waals surface area contributed by atoms with Gasteiger partial charge in [0.15, 0.2) is 0 Å². The number of carbonyl (C=O) groups excluding carboxylic acids is 1. The van der Waals surface area contributed by atoms with Gasteiger partial charge in [0.1, 0.15) is 5.75 Å². The van der Waals surface area contributed by atoms with Gasteiger partial charge in [0.2, 0.25) is 5.91 Å². The lowest BCUT2D eigenvalue weighted by Crippen LogP contribution is -2.31. The number of rotatable bonds is 8. The first-order valence-electron chi connectivity index (χ1n) is 6.98. The van der Waals surface area contributed by atoms with Gasteiger partial charge in [0.05, 0.1) is 12.5 Å². The Balaban J connectivity index is 2.48.